The Balaban J connectivity index is 1.47. The Hall–Kier alpha value is -2.96. The maximum Gasteiger partial charge on any atom is 0.264 e. The summed E-state index contributed by atoms with van der Waals surface area (Å²) in [4.78, 5) is 11.9. The van der Waals surface area contributed by atoms with Crippen LogP contribution in [0.3, 0.4) is 0 Å². The number of hydrogen-bond acceptors (Lipinski definition) is 7. The molecular formula is C18H13FN4O2S2. The number of aromatic nitrogens is 2. The average Bonchev–Trinajstić information content (AvgIpc) is 3.13. The molecule has 0 bridgehead atoms. The van der Waals surface area contributed by atoms with Crippen molar-refractivity contribution in [3.63, 3.8) is 0 Å². The monoisotopic (exact) mass is 400 g/mol. The van der Waals surface area contributed by atoms with E-state index < -0.39 is 0 Å². The number of nitrogens with one attached hydrogen (secondary N) is 1. The zero-order valence-electron chi connectivity index (χ0n) is 13.9. The molecule has 1 heterocycles. The minimum Gasteiger partial charge on any atom is -0.484 e. The molecule has 9 heteroatoms. The Bertz CT molecular complexity index is 970. The lowest BCUT2D eigenvalue weighted by atomic mass is 10.2. The molecule has 0 unspecified atom stereocenters. The lowest BCUT2D eigenvalue weighted by Crippen LogP contribution is -2.20. The molecule has 0 fully saturated rings. The van der Waals surface area contributed by atoms with Gasteiger partial charge in [0.2, 0.25) is 5.13 Å². The van der Waals surface area contributed by atoms with Crippen LogP contribution in [0.4, 0.5) is 9.52 Å². The third-order valence-corrected chi connectivity index (χ3v) is 5.34. The second kappa shape index (κ2) is 9.12. The lowest BCUT2D eigenvalue weighted by Gasteiger charge is -2.05. The molecule has 0 aliphatic heterocycles. The maximum atomic E-state index is 13.6. The van der Waals surface area contributed by atoms with Crippen molar-refractivity contribution in [2.24, 2.45) is 0 Å². The Morgan fingerprint density at radius 3 is 2.74 bits per heavy atom. The molecule has 136 valence electrons. The molecule has 0 aliphatic carbocycles. The van der Waals surface area contributed by atoms with Crippen molar-refractivity contribution < 1.29 is 13.9 Å². The van der Waals surface area contributed by atoms with Crippen molar-refractivity contribution in [3.8, 4) is 11.8 Å². The summed E-state index contributed by atoms with van der Waals surface area (Å²) >= 11 is 2.55. The van der Waals surface area contributed by atoms with Gasteiger partial charge in [-0.1, -0.05) is 41.3 Å². The molecule has 1 N–H and O–H groups in total. The van der Waals surface area contributed by atoms with Gasteiger partial charge in [0.1, 0.15) is 11.6 Å². The Morgan fingerprint density at radius 2 is 2.00 bits per heavy atom. The molecule has 3 rings (SSSR count). The number of benzene rings is 2. The smallest absolute Gasteiger partial charge is 0.264 e. The van der Waals surface area contributed by atoms with Crippen LogP contribution in [0.15, 0.2) is 52.9 Å². The summed E-state index contributed by atoms with van der Waals surface area (Å²) < 4.78 is 19.6. The van der Waals surface area contributed by atoms with Gasteiger partial charge in [-0.05, 0) is 35.9 Å². The second-order valence-electron chi connectivity index (χ2n) is 5.23. The van der Waals surface area contributed by atoms with Crippen LogP contribution in [0.1, 0.15) is 11.1 Å². The number of amides is 1. The number of nitriles is 1. The van der Waals surface area contributed by atoms with Gasteiger partial charge < -0.3 is 4.74 Å². The van der Waals surface area contributed by atoms with E-state index in [0.29, 0.717) is 32.1 Å². The number of hydrogen-bond donors (Lipinski definition) is 1. The van der Waals surface area contributed by atoms with Crippen molar-refractivity contribution in [1.29, 1.82) is 5.26 Å². The quantitative estimate of drug-likeness (QED) is 0.479. The van der Waals surface area contributed by atoms with Crippen molar-refractivity contribution in [2.45, 2.75) is 10.1 Å². The van der Waals surface area contributed by atoms with Crippen LogP contribution in [0.2, 0.25) is 0 Å². The molecule has 1 aromatic heterocycles. The van der Waals surface area contributed by atoms with Gasteiger partial charge in [0, 0.05) is 5.75 Å². The molecule has 0 saturated heterocycles. The van der Waals surface area contributed by atoms with Gasteiger partial charge in [-0.2, -0.15) is 5.26 Å². The average molecular weight is 400 g/mol. The van der Waals surface area contributed by atoms with Gasteiger partial charge in [0.25, 0.3) is 5.91 Å². The predicted molar refractivity (Wildman–Crippen MR) is 101 cm³/mol. The molecule has 0 spiro atoms. The van der Waals surface area contributed by atoms with Crippen LogP contribution in [0.5, 0.6) is 5.75 Å². The number of ether oxygens (including phenoxy) is 1. The van der Waals surface area contributed by atoms with Gasteiger partial charge in [-0.3, -0.25) is 10.1 Å². The van der Waals surface area contributed by atoms with E-state index >= 15 is 0 Å². The summed E-state index contributed by atoms with van der Waals surface area (Å²) in [7, 11) is 0. The van der Waals surface area contributed by atoms with Crippen LogP contribution in [0, 0.1) is 17.1 Å². The molecule has 0 radical (unpaired) electrons. The molecule has 3 aromatic rings. The number of thioether (sulfide) groups is 1. The third-order valence-electron chi connectivity index (χ3n) is 3.32. The van der Waals surface area contributed by atoms with E-state index in [9.17, 15) is 9.18 Å². The summed E-state index contributed by atoms with van der Waals surface area (Å²) in [5.41, 5.74) is 1.10. The minimum atomic E-state index is -0.374. The van der Waals surface area contributed by atoms with E-state index in [1.807, 2.05) is 6.07 Å². The van der Waals surface area contributed by atoms with Crippen LogP contribution >= 0.6 is 23.1 Å². The fourth-order valence-corrected chi connectivity index (χ4v) is 3.76. The lowest BCUT2D eigenvalue weighted by molar-refractivity contribution is -0.118. The third kappa shape index (κ3) is 5.51. The molecular weight excluding hydrogens is 387 g/mol. The van der Waals surface area contributed by atoms with Crippen molar-refractivity contribution in [3.05, 3.63) is 65.5 Å². The first-order valence-corrected chi connectivity index (χ1v) is 9.57. The highest BCUT2D eigenvalue weighted by Gasteiger charge is 2.10. The Kier molecular flexibility index (Phi) is 6.35. The topological polar surface area (TPSA) is 87.9 Å². The van der Waals surface area contributed by atoms with Crippen molar-refractivity contribution >= 4 is 34.1 Å². The summed E-state index contributed by atoms with van der Waals surface area (Å²) in [6, 6.07) is 15.0. The van der Waals surface area contributed by atoms with E-state index in [-0.39, 0.29) is 18.3 Å². The fraction of sp³-hybridized carbons (Fsp3) is 0.111. The number of anilines is 1. The molecule has 0 saturated carbocycles. The number of halogens is 1. The van der Waals surface area contributed by atoms with Gasteiger partial charge >= 0.3 is 0 Å². The van der Waals surface area contributed by atoms with E-state index in [0.717, 1.165) is 0 Å². The Labute approximate surface area is 163 Å². The van der Waals surface area contributed by atoms with Crippen molar-refractivity contribution in [1.82, 2.24) is 10.2 Å². The van der Waals surface area contributed by atoms with Gasteiger partial charge in [0.15, 0.2) is 10.9 Å². The van der Waals surface area contributed by atoms with Crippen molar-refractivity contribution in [2.75, 3.05) is 11.9 Å². The van der Waals surface area contributed by atoms with Gasteiger partial charge in [0.05, 0.1) is 11.6 Å². The molecule has 6 nitrogen and oxygen atoms in total. The second-order valence-corrected chi connectivity index (χ2v) is 7.43. The normalized spacial score (nSPS) is 10.2. The van der Waals surface area contributed by atoms with Crippen LogP contribution in [-0.2, 0) is 10.5 Å². The summed E-state index contributed by atoms with van der Waals surface area (Å²) in [5, 5.41) is 19.6. The predicted octanol–water partition coefficient (Wildman–Crippen LogP) is 3.86. The van der Waals surface area contributed by atoms with E-state index in [1.54, 1.807) is 42.5 Å². The molecule has 1 amide bonds. The summed E-state index contributed by atoms with van der Waals surface area (Å²) in [6.45, 7) is -0.191. The SMILES string of the molecule is N#Cc1ccc(OCC(=O)Nc2nnc(SCc3ccccc3F)s2)cc1. The number of carbonyl (C=O) groups is 1. The van der Waals surface area contributed by atoms with Gasteiger partial charge in [-0.25, -0.2) is 4.39 Å². The van der Waals surface area contributed by atoms with E-state index in [4.69, 9.17) is 10.00 Å². The molecule has 27 heavy (non-hydrogen) atoms. The Morgan fingerprint density at radius 1 is 1.22 bits per heavy atom. The highest BCUT2D eigenvalue weighted by atomic mass is 32.2. The first kappa shape index (κ1) is 18.8. The van der Waals surface area contributed by atoms with E-state index in [2.05, 4.69) is 15.5 Å². The van der Waals surface area contributed by atoms with Crippen LogP contribution in [0.25, 0.3) is 0 Å². The summed E-state index contributed by atoms with van der Waals surface area (Å²) in [6.07, 6.45) is 0. The zero-order chi connectivity index (χ0) is 19.1. The van der Waals surface area contributed by atoms with Crippen LogP contribution in [-0.4, -0.2) is 22.7 Å². The number of carbonyl (C=O) groups excluding carboxylic acids is 1. The first-order chi connectivity index (χ1) is 13.1. The highest BCUT2D eigenvalue weighted by Crippen LogP contribution is 2.28. The highest BCUT2D eigenvalue weighted by molar-refractivity contribution is 8.00. The van der Waals surface area contributed by atoms with Crippen LogP contribution < -0.4 is 10.1 Å². The largest absolute Gasteiger partial charge is 0.484 e. The zero-order valence-corrected chi connectivity index (χ0v) is 15.5. The van der Waals surface area contributed by atoms with Gasteiger partial charge in [-0.15, -0.1) is 10.2 Å². The minimum absolute atomic E-state index is 0.191. The summed E-state index contributed by atoms with van der Waals surface area (Å²) in [5.74, 6) is 0.281. The number of rotatable bonds is 7. The first-order valence-electron chi connectivity index (χ1n) is 7.76. The molecule has 0 aliphatic rings. The maximum absolute atomic E-state index is 13.6. The molecule has 2 aromatic carbocycles. The molecule has 0 atom stereocenters. The standard InChI is InChI=1S/C18H13FN4O2S2/c19-15-4-2-1-3-13(15)11-26-18-23-22-17(27-18)21-16(24)10-25-14-7-5-12(9-20)6-8-14/h1-8H,10-11H2,(H,21,22,24). The fourth-order valence-electron chi connectivity index (χ4n) is 2.00. The number of nitrogens with zero attached hydrogens (tertiary/aromatic N) is 3. The van der Waals surface area contributed by atoms with E-state index in [1.165, 1.54) is 29.2 Å².